The van der Waals surface area contributed by atoms with Gasteiger partial charge in [0.1, 0.15) is 12.2 Å². The van der Waals surface area contributed by atoms with Gasteiger partial charge < -0.3 is 14.8 Å². The maximum Gasteiger partial charge on any atom is 0.228 e. The fourth-order valence-corrected chi connectivity index (χ4v) is 3.44. The Morgan fingerprint density at radius 3 is 2.71 bits per heavy atom. The van der Waals surface area contributed by atoms with Crippen LogP contribution in [-0.4, -0.2) is 24.7 Å². The third kappa shape index (κ3) is 4.86. The summed E-state index contributed by atoms with van der Waals surface area (Å²) in [6.45, 7) is 6.71. The van der Waals surface area contributed by atoms with E-state index in [0.29, 0.717) is 6.54 Å². The third-order valence-corrected chi connectivity index (χ3v) is 4.76. The van der Waals surface area contributed by atoms with Crippen molar-refractivity contribution in [1.29, 1.82) is 0 Å². The zero-order chi connectivity index (χ0) is 20.0. The molecular formula is C24H27NO3. The predicted octanol–water partition coefficient (Wildman–Crippen LogP) is 4.09. The molecule has 0 fully saturated rings. The normalized spacial score (nSPS) is 14.8. The summed E-state index contributed by atoms with van der Waals surface area (Å²) in [6, 6.07) is 15.8. The minimum absolute atomic E-state index is 0.000397. The molecule has 0 saturated carbocycles. The van der Waals surface area contributed by atoms with Crippen LogP contribution in [0.5, 0.6) is 11.5 Å². The summed E-state index contributed by atoms with van der Waals surface area (Å²) in [4.78, 5) is 12.4. The number of ether oxygens (including phenoxy) is 2. The highest BCUT2D eigenvalue weighted by Crippen LogP contribution is 2.41. The first kappa shape index (κ1) is 19.8. The van der Waals surface area contributed by atoms with Crippen LogP contribution in [0, 0.1) is 11.8 Å². The van der Waals surface area contributed by atoms with Gasteiger partial charge in [-0.25, -0.2) is 0 Å². The van der Waals surface area contributed by atoms with E-state index >= 15 is 0 Å². The molecule has 4 nitrogen and oxygen atoms in total. The molecule has 1 unspecified atom stereocenters. The molecule has 2 aromatic rings. The zero-order valence-electron chi connectivity index (χ0n) is 16.7. The molecule has 4 heteroatoms. The second-order valence-corrected chi connectivity index (χ2v) is 7.51. The van der Waals surface area contributed by atoms with Crippen molar-refractivity contribution in [2.24, 2.45) is 0 Å². The molecule has 0 aliphatic carbocycles. The summed E-state index contributed by atoms with van der Waals surface area (Å²) in [5, 5.41) is 2.89. The SMILES string of the molecule is CCC(C(=O)NCC#CCOc1cccc2c1OC(C)(C)C2)c1ccccc1. The number of hydrogen-bond acceptors (Lipinski definition) is 3. The Labute approximate surface area is 167 Å². The van der Waals surface area contributed by atoms with Crippen LogP contribution in [0.25, 0.3) is 0 Å². The first-order chi connectivity index (χ1) is 13.5. The van der Waals surface area contributed by atoms with Gasteiger partial charge in [-0.3, -0.25) is 4.79 Å². The van der Waals surface area contributed by atoms with Crippen LogP contribution in [-0.2, 0) is 11.2 Å². The lowest BCUT2D eigenvalue weighted by atomic mass is 9.96. The highest BCUT2D eigenvalue weighted by atomic mass is 16.5. The summed E-state index contributed by atoms with van der Waals surface area (Å²) in [7, 11) is 0. The van der Waals surface area contributed by atoms with E-state index in [-0.39, 0.29) is 24.0 Å². The molecule has 1 atom stereocenters. The Kier molecular flexibility index (Phi) is 6.26. The van der Waals surface area contributed by atoms with Gasteiger partial charge in [0, 0.05) is 12.0 Å². The maximum absolute atomic E-state index is 12.4. The van der Waals surface area contributed by atoms with E-state index in [9.17, 15) is 4.79 Å². The van der Waals surface area contributed by atoms with Crippen LogP contribution in [0.15, 0.2) is 48.5 Å². The van der Waals surface area contributed by atoms with Gasteiger partial charge in [0.05, 0.1) is 12.5 Å². The summed E-state index contributed by atoms with van der Waals surface area (Å²) in [5.41, 5.74) is 1.99. The van der Waals surface area contributed by atoms with Crippen molar-refractivity contribution >= 4 is 5.91 Å². The van der Waals surface area contributed by atoms with Crippen molar-refractivity contribution in [2.45, 2.75) is 45.1 Å². The second-order valence-electron chi connectivity index (χ2n) is 7.51. The first-order valence-electron chi connectivity index (χ1n) is 9.72. The molecule has 1 aliphatic heterocycles. The van der Waals surface area contributed by atoms with Crippen molar-refractivity contribution in [1.82, 2.24) is 5.32 Å². The van der Waals surface area contributed by atoms with E-state index in [0.717, 1.165) is 35.5 Å². The average Bonchev–Trinajstić information content (AvgIpc) is 3.00. The number of carbonyl (C=O) groups excluding carboxylic acids is 1. The van der Waals surface area contributed by atoms with Crippen molar-refractivity contribution in [2.75, 3.05) is 13.2 Å². The maximum atomic E-state index is 12.4. The van der Waals surface area contributed by atoms with Crippen LogP contribution in [0.3, 0.4) is 0 Å². The number of nitrogens with one attached hydrogen (secondary N) is 1. The van der Waals surface area contributed by atoms with Crippen LogP contribution >= 0.6 is 0 Å². The number of para-hydroxylation sites is 1. The minimum atomic E-state index is -0.202. The molecular weight excluding hydrogens is 350 g/mol. The van der Waals surface area contributed by atoms with E-state index in [1.54, 1.807) is 0 Å². The molecule has 28 heavy (non-hydrogen) atoms. The number of benzene rings is 2. The molecule has 1 heterocycles. The van der Waals surface area contributed by atoms with Crippen LogP contribution < -0.4 is 14.8 Å². The molecule has 3 rings (SSSR count). The quantitative estimate of drug-likeness (QED) is 0.771. The fraction of sp³-hybridized carbons (Fsp3) is 0.375. The summed E-state index contributed by atoms with van der Waals surface area (Å²) < 4.78 is 11.8. The molecule has 1 amide bonds. The lowest BCUT2D eigenvalue weighted by Crippen LogP contribution is -2.29. The molecule has 0 aromatic heterocycles. The van der Waals surface area contributed by atoms with Gasteiger partial charge in [-0.1, -0.05) is 61.2 Å². The zero-order valence-corrected chi connectivity index (χ0v) is 16.7. The van der Waals surface area contributed by atoms with E-state index in [4.69, 9.17) is 9.47 Å². The Morgan fingerprint density at radius 2 is 1.96 bits per heavy atom. The monoisotopic (exact) mass is 377 g/mol. The first-order valence-corrected chi connectivity index (χ1v) is 9.72. The minimum Gasteiger partial charge on any atom is -0.483 e. The van der Waals surface area contributed by atoms with Crippen LogP contribution in [0.1, 0.15) is 44.2 Å². The third-order valence-electron chi connectivity index (χ3n) is 4.76. The second kappa shape index (κ2) is 8.84. The largest absolute Gasteiger partial charge is 0.483 e. The van der Waals surface area contributed by atoms with Crippen LogP contribution in [0.4, 0.5) is 0 Å². The molecule has 1 aliphatic rings. The van der Waals surface area contributed by atoms with E-state index in [1.165, 1.54) is 0 Å². The molecule has 1 N–H and O–H groups in total. The topological polar surface area (TPSA) is 47.6 Å². The van der Waals surface area contributed by atoms with Crippen molar-refractivity contribution in [3.63, 3.8) is 0 Å². The Morgan fingerprint density at radius 1 is 1.18 bits per heavy atom. The van der Waals surface area contributed by atoms with Gasteiger partial charge in [-0.15, -0.1) is 0 Å². The molecule has 146 valence electrons. The molecule has 0 bridgehead atoms. The summed E-state index contributed by atoms with van der Waals surface area (Å²) >= 11 is 0. The highest BCUT2D eigenvalue weighted by molar-refractivity contribution is 5.83. The molecule has 0 spiro atoms. The summed E-state index contributed by atoms with van der Waals surface area (Å²) in [5.74, 6) is 7.30. The van der Waals surface area contributed by atoms with Gasteiger partial charge in [0.15, 0.2) is 11.5 Å². The summed E-state index contributed by atoms with van der Waals surface area (Å²) in [6.07, 6.45) is 1.62. The highest BCUT2D eigenvalue weighted by Gasteiger charge is 2.32. The fourth-order valence-electron chi connectivity index (χ4n) is 3.44. The Balaban J connectivity index is 1.48. The van der Waals surface area contributed by atoms with E-state index in [1.807, 2.05) is 49.4 Å². The van der Waals surface area contributed by atoms with Gasteiger partial charge in [-0.2, -0.15) is 0 Å². The lowest BCUT2D eigenvalue weighted by molar-refractivity contribution is -0.122. The van der Waals surface area contributed by atoms with E-state index in [2.05, 4.69) is 37.1 Å². The van der Waals surface area contributed by atoms with Gasteiger partial charge >= 0.3 is 0 Å². The molecule has 2 aromatic carbocycles. The van der Waals surface area contributed by atoms with Crippen molar-refractivity contribution < 1.29 is 14.3 Å². The Hall–Kier alpha value is -2.93. The number of amides is 1. The van der Waals surface area contributed by atoms with Crippen LogP contribution in [0.2, 0.25) is 0 Å². The van der Waals surface area contributed by atoms with Crippen molar-refractivity contribution in [3.05, 3.63) is 59.7 Å². The predicted molar refractivity (Wildman–Crippen MR) is 111 cm³/mol. The van der Waals surface area contributed by atoms with Gasteiger partial charge in [0.25, 0.3) is 0 Å². The number of hydrogen-bond donors (Lipinski definition) is 1. The van der Waals surface area contributed by atoms with E-state index < -0.39 is 0 Å². The number of fused-ring (bicyclic) bond motifs is 1. The molecule has 0 saturated heterocycles. The van der Waals surface area contributed by atoms with Crippen molar-refractivity contribution in [3.8, 4) is 23.3 Å². The average molecular weight is 377 g/mol. The van der Waals surface area contributed by atoms with Gasteiger partial charge in [0.2, 0.25) is 5.91 Å². The lowest BCUT2D eigenvalue weighted by Gasteiger charge is -2.17. The number of rotatable bonds is 6. The van der Waals surface area contributed by atoms with Gasteiger partial charge in [-0.05, 0) is 31.9 Å². The molecule has 0 radical (unpaired) electrons. The number of carbonyl (C=O) groups is 1. The standard InChI is InChI=1S/C24H27NO3/c1-4-20(18-11-6-5-7-12-18)23(26)25-15-8-9-16-27-21-14-10-13-19-17-24(2,3)28-22(19)21/h5-7,10-14,20H,4,15-17H2,1-3H3,(H,25,26). The smallest absolute Gasteiger partial charge is 0.228 e. The Bertz CT molecular complexity index is 878.